The van der Waals surface area contributed by atoms with Crippen LogP contribution in [0.15, 0.2) is 22.7 Å². The van der Waals surface area contributed by atoms with Gasteiger partial charge in [0, 0.05) is 7.05 Å². The Bertz CT molecular complexity index is 586. The maximum atomic E-state index is 13.0. The molecule has 0 aliphatic heterocycles. The van der Waals surface area contributed by atoms with Crippen molar-refractivity contribution in [2.24, 2.45) is 7.05 Å². The first-order chi connectivity index (χ1) is 8.52. The summed E-state index contributed by atoms with van der Waals surface area (Å²) < 4.78 is 20.9. The van der Waals surface area contributed by atoms with Crippen molar-refractivity contribution < 1.29 is 9.13 Å². The fourth-order valence-corrected chi connectivity index (χ4v) is 2.36. The number of aromatic nitrogens is 2. The molecule has 0 atom stereocenters. The summed E-state index contributed by atoms with van der Waals surface area (Å²) in [6.45, 7) is 1.87. The predicted molar refractivity (Wildman–Crippen MR) is 71.7 cm³/mol. The number of hydrogen-bond donors (Lipinski definition) is 0. The first kappa shape index (κ1) is 13.4. The number of nitrogens with zero attached hydrogens (tertiary/aromatic N) is 2. The van der Waals surface area contributed by atoms with Crippen molar-refractivity contribution in [2.75, 3.05) is 0 Å². The smallest absolute Gasteiger partial charge is 0.222 e. The van der Waals surface area contributed by atoms with Crippen LogP contribution in [0.5, 0.6) is 11.6 Å². The summed E-state index contributed by atoms with van der Waals surface area (Å²) in [4.78, 5) is 0. The van der Waals surface area contributed by atoms with E-state index in [-0.39, 0.29) is 5.82 Å². The highest BCUT2D eigenvalue weighted by Gasteiger charge is 2.15. The Labute approximate surface area is 118 Å². The Hall–Kier alpha value is -1.07. The van der Waals surface area contributed by atoms with Gasteiger partial charge in [-0.05, 0) is 41.1 Å². The molecule has 0 saturated heterocycles. The zero-order valence-electron chi connectivity index (χ0n) is 9.88. The van der Waals surface area contributed by atoms with E-state index in [1.165, 1.54) is 12.1 Å². The highest BCUT2D eigenvalue weighted by molar-refractivity contribution is 9.10. The minimum atomic E-state index is -0.326. The highest BCUT2D eigenvalue weighted by Crippen LogP contribution is 2.33. The molecule has 1 aromatic carbocycles. The van der Waals surface area contributed by atoms with Crippen LogP contribution in [-0.4, -0.2) is 9.78 Å². The van der Waals surface area contributed by atoms with Crippen LogP contribution in [-0.2, 0) is 12.9 Å². The van der Waals surface area contributed by atoms with Crippen molar-refractivity contribution in [3.8, 4) is 11.6 Å². The Balaban J connectivity index is 2.39. The summed E-state index contributed by atoms with van der Waals surface area (Å²) in [7, 11) is 1.77. The molecule has 0 bridgehead atoms. The van der Waals surface area contributed by atoms with E-state index in [0.717, 1.165) is 11.3 Å². The average Bonchev–Trinajstić information content (AvgIpc) is 2.57. The minimum Gasteiger partial charge on any atom is -0.438 e. The van der Waals surface area contributed by atoms with Gasteiger partial charge in [-0.3, -0.25) is 0 Å². The van der Waals surface area contributed by atoms with E-state index in [4.69, 9.17) is 16.3 Å². The lowest BCUT2D eigenvalue weighted by Gasteiger charge is -2.09. The third-order valence-electron chi connectivity index (χ3n) is 2.52. The molecule has 1 heterocycles. The van der Waals surface area contributed by atoms with E-state index in [0.29, 0.717) is 22.0 Å². The number of ether oxygens (including phenoxy) is 1. The van der Waals surface area contributed by atoms with E-state index >= 15 is 0 Å². The zero-order valence-corrected chi connectivity index (χ0v) is 12.2. The first-order valence-corrected chi connectivity index (χ1v) is 6.57. The lowest BCUT2D eigenvalue weighted by Crippen LogP contribution is -1.97. The molecule has 2 aromatic rings. The quantitative estimate of drug-likeness (QED) is 0.789. The van der Waals surface area contributed by atoms with Gasteiger partial charge in [0.05, 0.1) is 21.6 Å². The standard InChI is InChI=1S/C12H11BrClFN2O/c1-7-9(6-14)12(17(2)16-7)18-11-4-3-8(15)5-10(11)13/h3-5H,6H2,1-2H3. The van der Waals surface area contributed by atoms with E-state index in [9.17, 15) is 4.39 Å². The van der Waals surface area contributed by atoms with Gasteiger partial charge in [0.25, 0.3) is 0 Å². The second-order valence-electron chi connectivity index (χ2n) is 3.80. The SMILES string of the molecule is Cc1nn(C)c(Oc2ccc(F)cc2Br)c1CCl. The highest BCUT2D eigenvalue weighted by atomic mass is 79.9. The number of rotatable bonds is 3. The van der Waals surface area contributed by atoms with Crippen LogP contribution in [0, 0.1) is 12.7 Å². The molecular formula is C12H11BrClFN2O. The van der Waals surface area contributed by atoms with Crippen molar-refractivity contribution in [3.63, 3.8) is 0 Å². The van der Waals surface area contributed by atoms with Gasteiger partial charge in [0.1, 0.15) is 11.6 Å². The van der Waals surface area contributed by atoms with Crippen LogP contribution in [0.4, 0.5) is 4.39 Å². The second kappa shape index (κ2) is 5.28. The molecule has 0 amide bonds. The molecule has 0 aliphatic rings. The van der Waals surface area contributed by atoms with Gasteiger partial charge < -0.3 is 4.74 Å². The largest absolute Gasteiger partial charge is 0.438 e. The van der Waals surface area contributed by atoms with Crippen molar-refractivity contribution in [1.82, 2.24) is 9.78 Å². The van der Waals surface area contributed by atoms with Crippen molar-refractivity contribution in [1.29, 1.82) is 0 Å². The maximum Gasteiger partial charge on any atom is 0.222 e. The fraction of sp³-hybridized carbons (Fsp3) is 0.250. The molecule has 2 rings (SSSR count). The van der Waals surface area contributed by atoms with E-state index in [2.05, 4.69) is 21.0 Å². The molecule has 0 saturated carbocycles. The summed E-state index contributed by atoms with van der Waals surface area (Å²) in [5, 5.41) is 4.24. The molecule has 96 valence electrons. The topological polar surface area (TPSA) is 27.1 Å². The van der Waals surface area contributed by atoms with Crippen LogP contribution in [0.25, 0.3) is 0 Å². The van der Waals surface area contributed by atoms with Crippen molar-refractivity contribution in [3.05, 3.63) is 39.7 Å². The average molecular weight is 334 g/mol. The van der Waals surface area contributed by atoms with Gasteiger partial charge in [-0.2, -0.15) is 5.10 Å². The molecule has 0 radical (unpaired) electrons. The summed E-state index contributed by atoms with van der Waals surface area (Å²) in [6, 6.07) is 4.24. The number of halogens is 3. The summed E-state index contributed by atoms with van der Waals surface area (Å²) in [6.07, 6.45) is 0. The van der Waals surface area contributed by atoms with Crippen LogP contribution in [0.1, 0.15) is 11.3 Å². The minimum absolute atomic E-state index is 0.313. The molecule has 1 aromatic heterocycles. The molecule has 0 N–H and O–H groups in total. The third kappa shape index (κ3) is 2.52. The summed E-state index contributed by atoms with van der Waals surface area (Å²) >= 11 is 9.13. The molecular weight excluding hydrogens is 322 g/mol. The zero-order chi connectivity index (χ0) is 13.3. The maximum absolute atomic E-state index is 13.0. The van der Waals surface area contributed by atoms with Crippen LogP contribution in [0.2, 0.25) is 0 Å². The molecule has 0 aliphatic carbocycles. The van der Waals surface area contributed by atoms with Gasteiger partial charge in [-0.15, -0.1) is 11.6 Å². The van der Waals surface area contributed by atoms with E-state index < -0.39 is 0 Å². The van der Waals surface area contributed by atoms with Gasteiger partial charge in [-0.1, -0.05) is 0 Å². The molecule has 3 nitrogen and oxygen atoms in total. The summed E-state index contributed by atoms with van der Waals surface area (Å²) in [5.74, 6) is 1.07. The Morgan fingerprint density at radius 1 is 1.50 bits per heavy atom. The molecule has 18 heavy (non-hydrogen) atoms. The molecule has 0 fully saturated rings. The van der Waals surface area contributed by atoms with E-state index in [1.54, 1.807) is 17.8 Å². The first-order valence-electron chi connectivity index (χ1n) is 5.24. The predicted octanol–water partition coefficient (Wildman–Crippen LogP) is 4.16. The van der Waals surface area contributed by atoms with Gasteiger partial charge in [0.2, 0.25) is 5.88 Å². The number of aryl methyl sites for hydroxylation is 2. The van der Waals surface area contributed by atoms with Crippen LogP contribution < -0.4 is 4.74 Å². The van der Waals surface area contributed by atoms with Crippen molar-refractivity contribution >= 4 is 27.5 Å². The van der Waals surface area contributed by atoms with E-state index in [1.807, 2.05) is 6.92 Å². The lowest BCUT2D eigenvalue weighted by atomic mass is 10.3. The number of benzene rings is 1. The molecule has 0 unspecified atom stereocenters. The lowest BCUT2D eigenvalue weighted by molar-refractivity contribution is 0.424. The Morgan fingerprint density at radius 2 is 2.22 bits per heavy atom. The molecule has 0 spiro atoms. The van der Waals surface area contributed by atoms with Crippen LogP contribution >= 0.6 is 27.5 Å². The third-order valence-corrected chi connectivity index (χ3v) is 3.41. The van der Waals surface area contributed by atoms with Gasteiger partial charge in [0.15, 0.2) is 0 Å². The second-order valence-corrected chi connectivity index (χ2v) is 4.92. The Morgan fingerprint density at radius 3 is 2.83 bits per heavy atom. The number of alkyl halides is 1. The normalized spacial score (nSPS) is 10.7. The fourth-order valence-electron chi connectivity index (χ4n) is 1.62. The summed E-state index contributed by atoms with van der Waals surface area (Å²) in [5.41, 5.74) is 1.65. The van der Waals surface area contributed by atoms with Crippen LogP contribution in [0.3, 0.4) is 0 Å². The molecule has 6 heteroatoms. The van der Waals surface area contributed by atoms with Gasteiger partial charge >= 0.3 is 0 Å². The van der Waals surface area contributed by atoms with Crippen molar-refractivity contribution in [2.45, 2.75) is 12.8 Å². The monoisotopic (exact) mass is 332 g/mol. The number of hydrogen-bond acceptors (Lipinski definition) is 2. The Kier molecular flexibility index (Phi) is 3.92. The van der Waals surface area contributed by atoms with Gasteiger partial charge in [-0.25, -0.2) is 9.07 Å².